The molecule has 0 fully saturated rings. The first-order valence-electron chi connectivity index (χ1n) is 15.5. The van der Waals surface area contributed by atoms with Crippen LogP contribution in [0.4, 0.5) is 0 Å². The van der Waals surface area contributed by atoms with Crippen LogP contribution in [0, 0.1) is 0 Å². The van der Waals surface area contributed by atoms with Crippen molar-refractivity contribution in [3.05, 3.63) is 145 Å². The van der Waals surface area contributed by atoms with E-state index in [0.29, 0.717) is 33.4 Å². The minimum atomic E-state index is 0. The van der Waals surface area contributed by atoms with E-state index in [9.17, 15) is 20.4 Å². The molecule has 232 valence electrons. The Morgan fingerprint density at radius 2 is 0.694 bits per heavy atom. The van der Waals surface area contributed by atoms with Crippen LogP contribution in [0.3, 0.4) is 0 Å². The second-order valence-corrected chi connectivity index (χ2v) is 11.8. The summed E-state index contributed by atoms with van der Waals surface area (Å²) in [7, 11) is 0. The first-order valence-corrected chi connectivity index (χ1v) is 15.5. The van der Waals surface area contributed by atoms with Crippen molar-refractivity contribution in [3.63, 3.8) is 0 Å². The van der Waals surface area contributed by atoms with Crippen molar-refractivity contribution in [3.8, 4) is 45.3 Å². The standard InChI is InChI=1S/C42H30O5.2Zn/c43-35-19-17-25-9-1-5-13-31(25)37(35)39-33-15-7-3-11-27(33)21-29(41(39)45)23-47-24-30-22-28-12-4-8-16-34(28)40(42(30)46)38-32-14-6-2-10-26(32)18-20-36(38)44;;/h1-22,43-46H,23-24H2;;. The molecule has 5 nitrogen and oxygen atoms in total. The third-order valence-electron chi connectivity index (χ3n) is 9.03. The van der Waals surface area contributed by atoms with Crippen LogP contribution in [-0.2, 0) is 56.9 Å². The van der Waals surface area contributed by atoms with Gasteiger partial charge in [0.15, 0.2) is 0 Å². The predicted molar refractivity (Wildman–Crippen MR) is 189 cm³/mol. The van der Waals surface area contributed by atoms with Crippen molar-refractivity contribution in [2.75, 3.05) is 0 Å². The summed E-state index contributed by atoms with van der Waals surface area (Å²) in [5.74, 6) is 0.207. The van der Waals surface area contributed by atoms with Crippen molar-refractivity contribution < 1.29 is 64.1 Å². The van der Waals surface area contributed by atoms with Gasteiger partial charge in [-0.1, -0.05) is 109 Å². The SMILES string of the molecule is Oc1ccc2ccccc2c1-c1c(O)c(COCc2cc3ccccc3c(-c3c(O)ccc4ccccc34)c2O)cc2ccccc12.[Zn].[Zn]. The van der Waals surface area contributed by atoms with E-state index < -0.39 is 0 Å². The number of hydrogen-bond donors (Lipinski definition) is 4. The molecule has 8 rings (SSSR count). The summed E-state index contributed by atoms with van der Waals surface area (Å²) in [5, 5.41) is 52.7. The van der Waals surface area contributed by atoms with Crippen LogP contribution in [0.1, 0.15) is 11.1 Å². The van der Waals surface area contributed by atoms with Crippen LogP contribution in [0.2, 0.25) is 0 Å². The molecule has 0 aliphatic rings. The van der Waals surface area contributed by atoms with Gasteiger partial charge in [0.1, 0.15) is 23.0 Å². The zero-order chi connectivity index (χ0) is 32.1. The maximum absolute atomic E-state index is 11.8. The molecular formula is C42H30O5Zn2. The number of phenolic OH excluding ortho intramolecular Hbond substituents is 4. The van der Waals surface area contributed by atoms with E-state index in [1.54, 1.807) is 12.1 Å². The topological polar surface area (TPSA) is 90.2 Å². The van der Waals surface area contributed by atoms with E-state index >= 15 is 0 Å². The van der Waals surface area contributed by atoms with Crippen LogP contribution in [0.5, 0.6) is 23.0 Å². The van der Waals surface area contributed by atoms with Crippen LogP contribution in [-0.4, -0.2) is 20.4 Å². The number of ether oxygens (including phenoxy) is 1. The van der Waals surface area contributed by atoms with E-state index in [1.807, 2.05) is 121 Å². The molecule has 0 aromatic heterocycles. The monoisotopic (exact) mass is 742 g/mol. The van der Waals surface area contributed by atoms with E-state index in [4.69, 9.17) is 4.74 Å². The summed E-state index contributed by atoms with van der Waals surface area (Å²) < 4.78 is 6.24. The summed E-state index contributed by atoms with van der Waals surface area (Å²) in [5.41, 5.74) is 3.31. The van der Waals surface area contributed by atoms with Gasteiger partial charge in [-0.15, -0.1) is 0 Å². The maximum Gasteiger partial charge on any atom is 0.129 e. The zero-order valence-electron chi connectivity index (χ0n) is 26.7. The maximum atomic E-state index is 11.8. The number of aromatic hydroxyl groups is 4. The van der Waals surface area contributed by atoms with Gasteiger partial charge in [0.25, 0.3) is 0 Å². The van der Waals surface area contributed by atoms with Crippen molar-refractivity contribution in [1.29, 1.82) is 0 Å². The fourth-order valence-corrected chi connectivity index (χ4v) is 6.83. The Bertz CT molecular complexity index is 2340. The molecule has 0 atom stereocenters. The average molecular weight is 745 g/mol. The molecule has 0 saturated carbocycles. The number of hydrogen-bond acceptors (Lipinski definition) is 5. The molecular weight excluding hydrogens is 715 g/mol. The Kier molecular flexibility index (Phi) is 9.72. The van der Waals surface area contributed by atoms with Gasteiger partial charge in [0.2, 0.25) is 0 Å². The van der Waals surface area contributed by atoms with Gasteiger partial charge in [-0.2, -0.15) is 0 Å². The molecule has 0 radical (unpaired) electrons. The Balaban J connectivity index is 0.00000208. The predicted octanol–water partition coefficient (Wildman–Crippen LogP) is 10.2. The molecule has 0 spiro atoms. The van der Waals surface area contributed by atoms with E-state index in [-0.39, 0.29) is 75.2 Å². The summed E-state index contributed by atoms with van der Waals surface area (Å²) in [6, 6.07) is 41.9. The van der Waals surface area contributed by atoms with E-state index in [1.165, 1.54) is 0 Å². The molecule has 0 saturated heterocycles. The fourth-order valence-electron chi connectivity index (χ4n) is 6.83. The molecule has 7 heteroatoms. The smallest absolute Gasteiger partial charge is 0.129 e. The van der Waals surface area contributed by atoms with Gasteiger partial charge in [-0.3, -0.25) is 0 Å². The molecule has 8 aromatic rings. The second kappa shape index (κ2) is 14.0. The van der Waals surface area contributed by atoms with Crippen LogP contribution in [0.15, 0.2) is 133 Å². The zero-order valence-corrected chi connectivity index (χ0v) is 32.7. The van der Waals surface area contributed by atoms with Crippen molar-refractivity contribution in [2.45, 2.75) is 13.2 Å². The second-order valence-electron chi connectivity index (χ2n) is 11.8. The third-order valence-corrected chi connectivity index (χ3v) is 9.03. The van der Waals surface area contributed by atoms with Gasteiger partial charge >= 0.3 is 0 Å². The van der Waals surface area contributed by atoms with Gasteiger partial charge in [0.05, 0.1) is 13.2 Å². The van der Waals surface area contributed by atoms with Crippen LogP contribution < -0.4 is 0 Å². The fraction of sp³-hybridized carbons (Fsp3) is 0.0476. The molecule has 0 unspecified atom stereocenters. The molecule has 8 aromatic carbocycles. The first-order chi connectivity index (χ1) is 23.0. The van der Waals surface area contributed by atoms with E-state index in [2.05, 4.69) is 0 Å². The van der Waals surface area contributed by atoms with Crippen molar-refractivity contribution >= 4 is 43.1 Å². The van der Waals surface area contributed by atoms with Crippen LogP contribution in [0.25, 0.3) is 65.3 Å². The number of benzene rings is 8. The quantitative estimate of drug-likeness (QED) is 0.127. The largest absolute Gasteiger partial charge is 0.507 e. The number of phenols is 4. The van der Waals surface area contributed by atoms with E-state index in [0.717, 1.165) is 43.1 Å². The summed E-state index contributed by atoms with van der Waals surface area (Å²) in [6.07, 6.45) is 0. The van der Waals surface area contributed by atoms with Crippen LogP contribution >= 0.6 is 0 Å². The molecule has 0 bridgehead atoms. The average Bonchev–Trinajstić information content (AvgIpc) is 3.10. The summed E-state index contributed by atoms with van der Waals surface area (Å²) in [6.45, 7) is 0.104. The number of fused-ring (bicyclic) bond motifs is 4. The first kappa shape index (κ1) is 34.1. The molecule has 0 amide bonds. The minimum Gasteiger partial charge on any atom is -0.507 e. The third kappa shape index (κ3) is 5.93. The Hall–Kier alpha value is -4.79. The van der Waals surface area contributed by atoms with Gasteiger partial charge in [-0.05, 0) is 67.4 Å². The molecule has 0 aliphatic carbocycles. The normalized spacial score (nSPS) is 11.1. The summed E-state index contributed by atoms with van der Waals surface area (Å²) in [4.78, 5) is 0. The van der Waals surface area contributed by atoms with Gasteiger partial charge in [-0.25, -0.2) is 0 Å². The van der Waals surface area contributed by atoms with Crippen molar-refractivity contribution in [2.24, 2.45) is 0 Å². The Morgan fingerprint density at radius 1 is 0.367 bits per heavy atom. The summed E-state index contributed by atoms with van der Waals surface area (Å²) >= 11 is 0. The molecule has 0 aliphatic heterocycles. The molecule has 0 heterocycles. The number of rotatable bonds is 6. The molecule has 49 heavy (non-hydrogen) atoms. The van der Waals surface area contributed by atoms with Crippen molar-refractivity contribution in [1.82, 2.24) is 0 Å². The Morgan fingerprint density at radius 3 is 1.08 bits per heavy atom. The van der Waals surface area contributed by atoms with Gasteiger partial charge in [0, 0.05) is 72.3 Å². The van der Waals surface area contributed by atoms with Gasteiger partial charge < -0.3 is 25.2 Å². The minimum absolute atomic E-state index is 0. The Labute approximate surface area is 308 Å². The molecule has 4 N–H and O–H groups in total.